The molecule has 0 radical (unpaired) electrons. The minimum Gasteiger partial charge on any atom is -0.496 e. The third-order valence-corrected chi connectivity index (χ3v) is 3.62. The molecule has 1 aromatic carbocycles. The number of aryl methyl sites for hydroxylation is 1. The second-order valence-corrected chi connectivity index (χ2v) is 4.72. The number of nitrogens with two attached hydrogens (primary N) is 1. The Morgan fingerprint density at radius 3 is 2.70 bits per heavy atom. The summed E-state index contributed by atoms with van der Waals surface area (Å²) in [5.41, 5.74) is 4.59. The van der Waals surface area contributed by atoms with Crippen LogP contribution < -0.4 is 10.6 Å². The van der Waals surface area contributed by atoms with Gasteiger partial charge in [-0.25, -0.2) is 0 Å². The number of aromatic nitrogens is 2. The lowest BCUT2D eigenvalue weighted by Gasteiger charge is -2.08. The summed E-state index contributed by atoms with van der Waals surface area (Å²) < 4.78 is 5.43. The summed E-state index contributed by atoms with van der Waals surface area (Å²) in [4.78, 5) is 7.75. The van der Waals surface area contributed by atoms with E-state index in [4.69, 9.17) is 10.6 Å². The van der Waals surface area contributed by atoms with Gasteiger partial charge in [0, 0.05) is 17.0 Å². The highest BCUT2D eigenvalue weighted by molar-refractivity contribution is 6.17. The van der Waals surface area contributed by atoms with E-state index in [1.807, 2.05) is 38.2 Å². The van der Waals surface area contributed by atoms with E-state index in [9.17, 15) is 0 Å². The third kappa shape index (κ3) is 1.63. The van der Waals surface area contributed by atoms with Crippen LogP contribution in [-0.4, -0.2) is 22.8 Å². The number of benzene rings is 1. The average molecular weight is 268 g/mol. The zero-order valence-corrected chi connectivity index (χ0v) is 11.7. The van der Waals surface area contributed by atoms with Crippen molar-refractivity contribution in [2.24, 2.45) is 10.9 Å². The van der Waals surface area contributed by atoms with Gasteiger partial charge in [0.25, 0.3) is 0 Å². The number of aromatic amines is 1. The standard InChI is InChI=1S/C15H16N4O/c1-8(19-16)13-12(20-3)5-4-10-11-6-7-17-9(2)14(11)18-15(10)13/h4-7,18H,16H2,1-3H3/b19-8-. The van der Waals surface area contributed by atoms with E-state index in [0.29, 0.717) is 0 Å². The second kappa shape index (κ2) is 4.52. The zero-order chi connectivity index (χ0) is 14.3. The zero-order valence-electron chi connectivity index (χ0n) is 11.7. The van der Waals surface area contributed by atoms with Crippen molar-refractivity contribution < 1.29 is 4.74 Å². The molecule has 102 valence electrons. The molecule has 20 heavy (non-hydrogen) atoms. The van der Waals surface area contributed by atoms with Gasteiger partial charge in [0.15, 0.2) is 0 Å². The Bertz CT molecular complexity index is 833. The predicted molar refractivity (Wildman–Crippen MR) is 81.3 cm³/mol. The normalized spacial score (nSPS) is 12.2. The van der Waals surface area contributed by atoms with Crippen molar-refractivity contribution in [3.63, 3.8) is 0 Å². The number of nitrogens with one attached hydrogen (secondary N) is 1. The Balaban J connectivity index is 2.51. The van der Waals surface area contributed by atoms with Crippen LogP contribution in [0.5, 0.6) is 5.75 Å². The predicted octanol–water partition coefficient (Wildman–Crippen LogP) is 2.72. The molecule has 3 aromatic rings. The highest BCUT2D eigenvalue weighted by Gasteiger charge is 2.16. The Labute approximate surface area is 116 Å². The molecule has 5 nitrogen and oxygen atoms in total. The Hall–Kier alpha value is -2.56. The molecule has 0 atom stereocenters. The van der Waals surface area contributed by atoms with Crippen molar-refractivity contribution >= 4 is 27.5 Å². The van der Waals surface area contributed by atoms with E-state index in [2.05, 4.69) is 15.1 Å². The molecule has 2 aromatic heterocycles. The Kier molecular flexibility index (Phi) is 2.82. The summed E-state index contributed by atoms with van der Waals surface area (Å²) in [5, 5.41) is 6.07. The van der Waals surface area contributed by atoms with Crippen molar-refractivity contribution in [2.45, 2.75) is 13.8 Å². The van der Waals surface area contributed by atoms with Gasteiger partial charge in [0.1, 0.15) is 5.75 Å². The number of methoxy groups -OCH3 is 1. The number of hydrogen-bond donors (Lipinski definition) is 2. The summed E-state index contributed by atoms with van der Waals surface area (Å²) in [7, 11) is 1.64. The van der Waals surface area contributed by atoms with Gasteiger partial charge >= 0.3 is 0 Å². The molecule has 3 rings (SSSR count). The van der Waals surface area contributed by atoms with E-state index in [0.717, 1.165) is 44.5 Å². The number of rotatable bonds is 2. The van der Waals surface area contributed by atoms with Crippen LogP contribution in [0.3, 0.4) is 0 Å². The molecule has 2 heterocycles. The van der Waals surface area contributed by atoms with Crippen molar-refractivity contribution in [1.29, 1.82) is 0 Å². The molecular formula is C15H16N4O. The minimum absolute atomic E-state index is 0.726. The maximum Gasteiger partial charge on any atom is 0.130 e. The summed E-state index contributed by atoms with van der Waals surface area (Å²) in [6.07, 6.45) is 1.82. The number of ether oxygens (including phenoxy) is 1. The van der Waals surface area contributed by atoms with Crippen LogP contribution in [0.2, 0.25) is 0 Å². The molecule has 0 bridgehead atoms. The number of hydrazone groups is 1. The first kappa shape index (κ1) is 12.5. The first-order chi connectivity index (χ1) is 9.67. The summed E-state index contributed by atoms with van der Waals surface area (Å²) >= 11 is 0. The van der Waals surface area contributed by atoms with Crippen LogP contribution in [0.1, 0.15) is 18.2 Å². The van der Waals surface area contributed by atoms with E-state index < -0.39 is 0 Å². The van der Waals surface area contributed by atoms with Crippen LogP contribution in [0.15, 0.2) is 29.5 Å². The van der Waals surface area contributed by atoms with Gasteiger partial charge in [-0.05, 0) is 32.0 Å². The quantitative estimate of drug-likeness (QED) is 0.426. The van der Waals surface area contributed by atoms with E-state index in [1.165, 1.54) is 0 Å². The number of nitrogens with zero attached hydrogens (tertiary/aromatic N) is 2. The molecule has 0 saturated carbocycles. The fourth-order valence-electron chi connectivity index (χ4n) is 2.61. The Morgan fingerprint density at radius 1 is 1.25 bits per heavy atom. The topological polar surface area (TPSA) is 76.3 Å². The lowest BCUT2D eigenvalue weighted by atomic mass is 10.0. The first-order valence-electron chi connectivity index (χ1n) is 6.36. The van der Waals surface area contributed by atoms with Crippen molar-refractivity contribution in [3.8, 4) is 5.75 Å². The van der Waals surface area contributed by atoms with Crippen LogP contribution in [0.25, 0.3) is 21.8 Å². The van der Waals surface area contributed by atoms with Gasteiger partial charge in [0.05, 0.1) is 35.1 Å². The van der Waals surface area contributed by atoms with E-state index in [1.54, 1.807) is 7.11 Å². The average Bonchev–Trinajstić information content (AvgIpc) is 2.85. The number of pyridine rings is 1. The highest BCUT2D eigenvalue weighted by atomic mass is 16.5. The molecule has 0 unspecified atom stereocenters. The lowest BCUT2D eigenvalue weighted by molar-refractivity contribution is 0.414. The number of H-pyrrole nitrogens is 1. The Morgan fingerprint density at radius 2 is 2.00 bits per heavy atom. The maximum absolute atomic E-state index is 5.45. The van der Waals surface area contributed by atoms with Crippen molar-refractivity contribution in [2.75, 3.05) is 7.11 Å². The van der Waals surface area contributed by atoms with Crippen molar-refractivity contribution in [3.05, 3.63) is 35.7 Å². The summed E-state index contributed by atoms with van der Waals surface area (Å²) in [5.74, 6) is 6.20. The third-order valence-electron chi connectivity index (χ3n) is 3.62. The molecule has 0 aliphatic heterocycles. The van der Waals surface area contributed by atoms with Crippen LogP contribution in [-0.2, 0) is 0 Å². The van der Waals surface area contributed by atoms with Gasteiger partial charge in [-0.15, -0.1) is 0 Å². The highest BCUT2D eigenvalue weighted by Crippen LogP contribution is 2.33. The summed E-state index contributed by atoms with van der Waals surface area (Å²) in [6, 6.07) is 5.99. The van der Waals surface area contributed by atoms with Gasteiger partial charge in [-0.2, -0.15) is 5.10 Å². The fourth-order valence-corrected chi connectivity index (χ4v) is 2.61. The largest absolute Gasteiger partial charge is 0.496 e. The molecule has 0 saturated heterocycles. The minimum atomic E-state index is 0.726. The fraction of sp³-hybridized carbons (Fsp3) is 0.200. The van der Waals surface area contributed by atoms with Crippen LogP contribution in [0, 0.1) is 6.92 Å². The van der Waals surface area contributed by atoms with Crippen LogP contribution in [0.4, 0.5) is 0 Å². The molecule has 0 amide bonds. The van der Waals surface area contributed by atoms with E-state index in [-0.39, 0.29) is 0 Å². The van der Waals surface area contributed by atoms with Gasteiger partial charge < -0.3 is 15.6 Å². The molecule has 5 heteroatoms. The smallest absolute Gasteiger partial charge is 0.130 e. The van der Waals surface area contributed by atoms with E-state index >= 15 is 0 Å². The number of hydrogen-bond acceptors (Lipinski definition) is 4. The maximum atomic E-state index is 5.45. The lowest BCUT2D eigenvalue weighted by Crippen LogP contribution is -2.03. The number of fused-ring (bicyclic) bond motifs is 3. The van der Waals surface area contributed by atoms with Crippen LogP contribution >= 0.6 is 0 Å². The molecule has 3 N–H and O–H groups in total. The van der Waals surface area contributed by atoms with Gasteiger partial charge in [-0.1, -0.05) is 0 Å². The van der Waals surface area contributed by atoms with Gasteiger partial charge in [-0.3, -0.25) is 4.98 Å². The molecule has 0 spiro atoms. The molecule has 0 aliphatic rings. The van der Waals surface area contributed by atoms with Gasteiger partial charge in [0.2, 0.25) is 0 Å². The molecule has 0 fully saturated rings. The van der Waals surface area contributed by atoms with Crippen molar-refractivity contribution in [1.82, 2.24) is 9.97 Å². The molecular weight excluding hydrogens is 252 g/mol. The second-order valence-electron chi connectivity index (χ2n) is 4.72. The SMILES string of the molecule is COc1ccc2c([nH]c3c(C)nccc32)c1/C(C)=N\N. The first-order valence-corrected chi connectivity index (χ1v) is 6.36. The summed E-state index contributed by atoms with van der Waals surface area (Å²) in [6.45, 7) is 3.85. The monoisotopic (exact) mass is 268 g/mol. The molecule has 0 aliphatic carbocycles.